The van der Waals surface area contributed by atoms with Crippen LogP contribution in [-0.4, -0.2) is 17.7 Å². The Kier molecular flexibility index (Phi) is 4.87. The average Bonchev–Trinajstić information content (AvgIpc) is 3.45. The maximum absolute atomic E-state index is 12.4. The number of furan rings is 2. The summed E-state index contributed by atoms with van der Waals surface area (Å²) in [6.45, 7) is 0.305. The second-order valence-corrected chi connectivity index (χ2v) is 6.52. The molecule has 4 rings (SSSR count). The third-order valence-corrected chi connectivity index (χ3v) is 4.75. The minimum atomic E-state index is -1.52. The van der Waals surface area contributed by atoms with Crippen LogP contribution in [0.25, 0.3) is 10.8 Å². The molecule has 0 saturated heterocycles. The number of amides is 2. The first-order valence-corrected chi connectivity index (χ1v) is 8.94. The van der Waals surface area contributed by atoms with Crippen molar-refractivity contribution in [3.05, 3.63) is 96.3 Å². The molecule has 0 fully saturated rings. The van der Waals surface area contributed by atoms with Gasteiger partial charge in [0.05, 0.1) is 25.3 Å². The van der Waals surface area contributed by atoms with Crippen LogP contribution in [0.5, 0.6) is 0 Å². The van der Waals surface area contributed by atoms with Crippen molar-refractivity contribution in [2.75, 3.05) is 6.54 Å². The zero-order chi connectivity index (χ0) is 19.4. The molecule has 0 aliphatic rings. The van der Waals surface area contributed by atoms with Crippen molar-refractivity contribution in [1.29, 1.82) is 0 Å². The lowest BCUT2D eigenvalue weighted by atomic mass is 9.93. The Hall–Kier alpha value is -3.51. The largest absolute Gasteiger partial charge is 0.472 e. The minimum absolute atomic E-state index is 0.0680. The van der Waals surface area contributed by atoms with Crippen LogP contribution in [0.2, 0.25) is 0 Å². The molecule has 0 aliphatic heterocycles. The first-order valence-electron chi connectivity index (χ1n) is 8.94. The van der Waals surface area contributed by atoms with E-state index in [1.807, 2.05) is 42.5 Å². The molecule has 0 saturated carbocycles. The molecule has 4 aromatic rings. The van der Waals surface area contributed by atoms with Gasteiger partial charge in [0.2, 0.25) is 0 Å². The maximum Gasteiger partial charge on any atom is 0.315 e. The Morgan fingerprint density at radius 1 is 0.964 bits per heavy atom. The van der Waals surface area contributed by atoms with E-state index in [2.05, 4.69) is 10.6 Å². The number of carbonyl (C=O) groups excluding carboxylic acids is 1. The van der Waals surface area contributed by atoms with Gasteiger partial charge in [-0.3, -0.25) is 0 Å². The number of hydrogen-bond donors (Lipinski definition) is 3. The number of rotatable bonds is 6. The van der Waals surface area contributed by atoms with Crippen LogP contribution < -0.4 is 10.6 Å². The summed E-state index contributed by atoms with van der Waals surface area (Å²) in [4.78, 5) is 12.4. The summed E-state index contributed by atoms with van der Waals surface area (Å²) in [5, 5.41) is 18.9. The van der Waals surface area contributed by atoms with E-state index in [0.717, 1.165) is 16.3 Å². The molecule has 142 valence electrons. The second kappa shape index (κ2) is 7.62. The summed E-state index contributed by atoms with van der Waals surface area (Å²) in [5.74, 6) is 0.322. The Morgan fingerprint density at radius 3 is 2.61 bits per heavy atom. The highest BCUT2D eigenvalue weighted by atomic mass is 16.4. The molecular formula is C22H20N2O4. The minimum Gasteiger partial charge on any atom is -0.472 e. The van der Waals surface area contributed by atoms with Gasteiger partial charge >= 0.3 is 6.03 Å². The van der Waals surface area contributed by atoms with E-state index in [1.165, 1.54) is 18.8 Å². The van der Waals surface area contributed by atoms with Gasteiger partial charge in [-0.05, 0) is 34.5 Å². The average molecular weight is 376 g/mol. The number of hydrogen-bond acceptors (Lipinski definition) is 4. The van der Waals surface area contributed by atoms with Crippen LogP contribution in [0, 0.1) is 0 Å². The Balaban J connectivity index is 1.43. The van der Waals surface area contributed by atoms with Gasteiger partial charge in [-0.15, -0.1) is 0 Å². The normalized spacial score (nSPS) is 13.2. The molecule has 2 aromatic carbocycles. The van der Waals surface area contributed by atoms with Crippen molar-refractivity contribution >= 4 is 16.8 Å². The zero-order valence-corrected chi connectivity index (χ0v) is 15.1. The predicted molar refractivity (Wildman–Crippen MR) is 105 cm³/mol. The molecule has 6 nitrogen and oxygen atoms in total. The van der Waals surface area contributed by atoms with Crippen molar-refractivity contribution < 1.29 is 18.7 Å². The highest BCUT2D eigenvalue weighted by Gasteiger charge is 2.36. The van der Waals surface area contributed by atoms with Crippen LogP contribution in [0.3, 0.4) is 0 Å². The molecule has 3 N–H and O–H groups in total. The smallest absolute Gasteiger partial charge is 0.315 e. The maximum atomic E-state index is 12.4. The number of urea groups is 1. The first kappa shape index (κ1) is 17.9. The molecule has 1 atom stereocenters. The molecule has 2 aromatic heterocycles. The van der Waals surface area contributed by atoms with Gasteiger partial charge < -0.3 is 24.6 Å². The third-order valence-electron chi connectivity index (χ3n) is 4.75. The molecule has 0 spiro atoms. The fourth-order valence-corrected chi connectivity index (χ4v) is 3.24. The Bertz CT molecular complexity index is 1020. The van der Waals surface area contributed by atoms with E-state index in [0.29, 0.717) is 17.9 Å². The fourth-order valence-electron chi connectivity index (χ4n) is 3.24. The van der Waals surface area contributed by atoms with E-state index in [-0.39, 0.29) is 12.6 Å². The van der Waals surface area contributed by atoms with Gasteiger partial charge in [0.1, 0.15) is 5.76 Å². The lowest BCUT2D eigenvalue weighted by Crippen LogP contribution is -2.45. The van der Waals surface area contributed by atoms with Crippen molar-refractivity contribution in [3.63, 3.8) is 0 Å². The van der Waals surface area contributed by atoms with Crippen molar-refractivity contribution in [1.82, 2.24) is 10.6 Å². The van der Waals surface area contributed by atoms with Gasteiger partial charge in [0.25, 0.3) is 0 Å². The van der Waals surface area contributed by atoms with Gasteiger partial charge in [-0.2, -0.15) is 0 Å². The molecular weight excluding hydrogens is 356 g/mol. The predicted octanol–water partition coefficient (Wildman–Crippen LogP) is 3.76. The van der Waals surface area contributed by atoms with Crippen LogP contribution in [0.4, 0.5) is 4.79 Å². The second-order valence-electron chi connectivity index (χ2n) is 6.52. The van der Waals surface area contributed by atoms with E-state index in [1.54, 1.807) is 18.2 Å². The summed E-state index contributed by atoms with van der Waals surface area (Å²) < 4.78 is 10.5. The molecule has 6 heteroatoms. The molecule has 2 amide bonds. The van der Waals surface area contributed by atoms with Crippen molar-refractivity contribution in [3.8, 4) is 0 Å². The lowest BCUT2D eigenvalue weighted by molar-refractivity contribution is 0.0581. The summed E-state index contributed by atoms with van der Waals surface area (Å²) in [6, 6.07) is 18.6. The number of fused-ring (bicyclic) bond motifs is 1. The number of nitrogens with one attached hydrogen (secondary N) is 2. The highest BCUT2D eigenvalue weighted by Crippen LogP contribution is 2.29. The van der Waals surface area contributed by atoms with Crippen molar-refractivity contribution in [2.24, 2.45) is 0 Å². The van der Waals surface area contributed by atoms with Crippen LogP contribution in [0.1, 0.15) is 16.9 Å². The van der Waals surface area contributed by atoms with Gasteiger partial charge in [-0.1, -0.05) is 42.5 Å². The summed E-state index contributed by atoms with van der Waals surface area (Å²) in [5.41, 5.74) is -0.00557. The Morgan fingerprint density at radius 2 is 1.82 bits per heavy atom. The molecule has 28 heavy (non-hydrogen) atoms. The monoisotopic (exact) mass is 376 g/mol. The van der Waals surface area contributed by atoms with E-state index in [9.17, 15) is 9.90 Å². The summed E-state index contributed by atoms with van der Waals surface area (Å²) in [7, 11) is 0. The summed E-state index contributed by atoms with van der Waals surface area (Å²) in [6.07, 6.45) is 4.36. The summed E-state index contributed by atoms with van der Waals surface area (Å²) >= 11 is 0. The van der Waals surface area contributed by atoms with Gasteiger partial charge in [0, 0.05) is 12.1 Å². The number of carbonyl (C=O) groups is 1. The number of benzene rings is 2. The quantitative estimate of drug-likeness (QED) is 0.478. The van der Waals surface area contributed by atoms with Crippen molar-refractivity contribution in [2.45, 2.75) is 12.1 Å². The van der Waals surface area contributed by atoms with E-state index < -0.39 is 5.60 Å². The zero-order valence-electron chi connectivity index (χ0n) is 15.1. The van der Waals surface area contributed by atoms with Gasteiger partial charge in [-0.25, -0.2) is 4.79 Å². The third kappa shape index (κ3) is 3.50. The molecule has 1 unspecified atom stereocenters. The van der Waals surface area contributed by atoms with Crippen LogP contribution in [-0.2, 0) is 12.1 Å². The standard InChI is InChI=1S/C22H20N2O4/c25-21(23-13-17-7-3-6-16-5-1-2-8-19(16)17)24-15-22(26,18-10-12-27-14-18)20-9-4-11-28-20/h1-12,14,26H,13,15H2,(H2,23,24,25). The fraction of sp³-hybridized carbons (Fsp3) is 0.136. The molecule has 0 radical (unpaired) electrons. The first-order chi connectivity index (χ1) is 13.7. The lowest BCUT2D eigenvalue weighted by Gasteiger charge is -2.25. The molecule has 0 bridgehead atoms. The Labute approximate surface area is 161 Å². The van der Waals surface area contributed by atoms with Gasteiger partial charge in [0.15, 0.2) is 5.60 Å². The molecule has 2 heterocycles. The van der Waals surface area contributed by atoms with Crippen LogP contribution >= 0.6 is 0 Å². The highest BCUT2D eigenvalue weighted by molar-refractivity contribution is 5.86. The SMILES string of the molecule is O=C(NCc1cccc2ccccc12)NCC(O)(c1ccoc1)c1ccco1. The number of aliphatic hydroxyl groups is 1. The molecule has 0 aliphatic carbocycles. The topological polar surface area (TPSA) is 87.6 Å². The van der Waals surface area contributed by atoms with E-state index in [4.69, 9.17) is 8.83 Å². The van der Waals surface area contributed by atoms with E-state index >= 15 is 0 Å². The van der Waals surface area contributed by atoms with Crippen LogP contribution in [0.15, 0.2) is 88.3 Å².